The topological polar surface area (TPSA) is 58.6 Å². The molecule has 4 rings (SSSR count). The van der Waals surface area contributed by atoms with Gasteiger partial charge in [0, 0.05) is 49.8 Å². The maximum atomic E-state index is 13.0. The van der Waals surface area contributed by atoms with Crippen LogP contribution in [0.3, 0.4) is 0 Å². The van der Waals surface area contributed by atoms with Crippen LogP contribution < -0.4 is 9.64 Å². The lowest BCUT2D eigenvalue weighted by atomic mass is 10.2. The quantitative estimate of drug-likeness (QED) is 0.682. The molecule has 1 amide bonds. The number of carbonyl (C=O) groups is 1. The Morgan fingerprint density at radius 3 is 2.14 bits per heavy atom. The summed E-state index contributed by atoms with van der Waals surface area (Å²) in [5.41, 5.74) is 2.28. The van der Waals surface area contributed by atoms with Crippen molar-refractivity contribution in [2.75, 3.05) is 38.2 Å². The number of benzene rings is 2. The third kappa shape index (κ3) is 4.18. The molecule has 1 aliphatic heterocycles. The SMILES string of the molecule is COc1ccc(N2CCN(C(=O)c3cnc(-c4ccc(F)cc4)nc3)CC2)cc1. The van der Waals surface area contributed by atoms with E-state index in [2.05, 4.69) is 14.9 Å². The van der Waals surface area contributed by atoms with Crippen molar-refractivity contribution in [2.45, 2.75) is 0 Å². The summed E-state index contributed by atoms with van der Waals surface area (Å²) >= 11 is 0. The number of rotatable bonds is 4. The molecule has 6 nitrogen and oxygen atoms in total. The lowest BCUT2D eigenvalue weighted by molar-refractivity contribution is 0.0746. The van der Waals surface area contributed by atoms with Crippen molar-refractivity contribution in [3.05, 3.63) is 72.3 Å². The predicted molar refractivity (Wildman–Crippen MR) is 109 cm³/mol. The minimum Gasteiger partial charge on any atom is -0.497 e. The second-order valence-corrected chi connectivity index (χ2v) is 6.78. The fraction of sp³-hybridized carbons (Fsp3) is 0.227. The third-order valence-electron chi connectivity index (χ3n) is 5.01. The van der Waals surface area contributed by atoms with Crippen LogP contribution >= 0.6 is 0 Å². The summed E-state index contributed by atoms with van der Waals surface area (Å²) in [5.74, 6) is 0.900. The van der Waals surface area contributed by atoms with E-state index >= 15 is 0 Å². The number of hydrogen-bond donors (Lipinski definition) is 0. The molecular weight excluding hydrogens is 371 g/mol. The van der Waals surface area contributed by atoms with Crippen LogP contribution in [0.1, 0.15) is 10.4 Å². The van der Waals surface area contributed by atoms with E-state index in [0.29, 0.717) is 30.0 Å². The van der Waals surface area contributed by atoms with Crippen molar-refractivity contribution >= 4 is 11.6 Å². The molecule has 0 aliphatic carbocycles. The van der Waals surface area contributed by atoms with Crippen molar-refractivity contribution in [3.8, 4) is 17.1 Å². The Labute approximate surface area is 168 Å². The number of ether oxygens (including phenoxy) is 1. The molecule has 2 aromatic carbocycles. The summed E-state index contributed by atoms with van der Waals surface area (Å²) in [7, 11) is 1.65. The van der Waals surface area contributed by atoms with Crippen molar-refractivity contribution in [1.82, 2.24) is 14.9 Å². The molecule has 3 aromatic rings. The van der Waals surface area contributed by atoms with Gasteiger partial charge in [0.25, 0.3) is 5.91 Å². The van der Waals surface area contributed by atoms with E-state index in [-0.39, 0.29) is 11.7 Å². The number of nitrogens with zero attached hydrogens (tertiary/aromatic N) is 4. The van der Waals surface area contributed by atoms with Gasteiger partial charge < -0.3 is 14.5 Å². The van der Waals surface area contributed by atoms with E-state index in [1.54, 1.807) is 19.2 Å². The molecular formula is C22H21FN4O2. The van der Waals surface area contributed by atoms with Crippen molar-refractivity contribution in [3.63, 3.8) is 0 Å². The Hall–Kier alpha value is -3.48. The van der Waals surface area contributed by atoms with Gasteiger partial charge in [-0.25, -0.2) is 14.4 Å². The van der Waals surface area contributed by atoms with E-state index in [1.807, 2.05) is 29.2 Å². The first kappa shape index (κ1) is 18.9. The second-order valence-electron chi connectivity index (χ2n) is 6.78. The minimum atomic E-state index is -0.311. The fourth-order valence-electron chi connectivity index (χ4n) is 3.33. The minimum absolute atomic E-state index is 0.0787. The maximum Gasteiger partial charge on any atom is 0.257 e. The first-order chi connectivity index (χ1) is 14.1. The number of halogens is 1. The van der Waals surface area contributed by atoms with Gasteiger partial charge in [-0.05, 0) is 48.5 Å². The average molecular weight is 392 g/mol. The Bertz CT molecular complexity index is 967. The highest BCUT2D eigenvalue weighted by Gasteiger charge is 2.23. The highest BCUT2D eigenvalue weighted by Crippen LogP contribution is 2.21. The number of anilines is 1. The van der Waals surface area contributed by atoms with Gasteiger partial charge in [-0.2, -0.15) is 0 Å². The third-order valence-corrected chi connectivity index (χ3v) is 5.01. The molecule has 148 valence electrons. The average Bonchev–Trinajstić information content (AvgIpc) is 2.79. The van der Waals surface area contributed by atoms with Gasteiger partial charge in [0.05, 0.1) is 12.7 Å². The van der Waals surface area contributed by atoms with E-state index < -0.39 is 0 Å². The van der Waals surface area contributed by atoms with Gasteiger partial charge in [-0.3, -0.25) is 4.79 Å². The molecule has 0 N–H and O–H groups in total. The molecule has 0 saturated carbocycles. The van der Waals surface area contributed by atoms with Crippen molar-refractivity contribution < 1.29 is 13.9 Å². The standard InChI is InChI=1S/C22H21FN4O2/c1-29-20-8-6-19(7-9-20)26-10-12-27(13-11-26)22(28)17-14-24-21(25-15-17)16-2-4-18(23)5-3-16/h2-9,14-15H,10-13H2,1H3. The molecule has 29 heavy (non-hydrogen) atoms. The highest BCUT2D eigenvalue weighted by molar-refractivity contribution is 5.94. The summed E-state index contributed by atoms with van der Waals surface area (Å²) in [6.07, 6.45) is 3.06. The van der Waals surface area contributed by atoms with Gasteiger partial charge in [0.15, 0.2) is 5.82 Å². The van der Waals surface area contributed by atoms with Crippen molar-refractivity contribution in [2.24, 2.45) is 0 Å². The monoisotopic (exact) mass is 392 g/mol. The number of piperazine rings is 1. The van der Waals surface area contributed by atoms with Crippen LogP contribution in [0, 0.1) is 5.82 Å². The number of aromatic nitrogens is 2. The first-order valence-corrected chi connectivity index (χ1v) is 9.40. The Morgan fingerprint density at radius 2 is 1.55 bits per heavy atom. The fourth-order valence-corrected chi connectivity index (χ4v) is 3.33. The number of methoxy groups -OCH3 is 1. The molecule has 1 aromatic heterocycles. The molecule has 0 atom stereocenters. The van der Waals surface area contributed by atoms with Crippen molar-refractivity contribution in [1.29, 1.82) is 0 Å². The summed E-state index contributed by atoms with van der Waals surface area (Å²) in [6, 6.07) is 13.9. The largest absolute Gasteiger partial charge is 0.497 e. The highest BCUT2D eigenvalue weighted by atomic mass is 19.1. The normalized spacial score (nSPS) is 14.0. The number of amides is 1. The summed E-state index contributed by atoms with van der Waals surface area (Å²) in [6.45, 7) is 2.77. The van der Waals surface area contributed by atoms with Crippen LogP contribution in [-0.2, 0) is 0 Å². The first-order valence-electron chi connectivity index (χ1n) is 9.40. The zero-order valence-corrected chi connectivity index (χ0v) is 16.1. The molecule has 1 aliphatic rings. The lowest BCUT2D eigenvalue weighted by Crippen LogP contribution is -2.48. The number of hydrogen-bond acceptors (Lipinski definition) is 5. The molecule has 1 fully saturated rings. The van der Waals surface area contributed by atoms with E-state index in [9.17, 15) is 9.18 Å². The smallest absolute Gasteiger partial charge is 0.257 e. The Kier molecular flexibility index (Phi) is 5.37. The van der Waals surface area contributed by atoms with Gasteiger partial charge in [0.1, 0.15) is 11.6 Å². The molecule has 0 bridgehead atoms. The molecule has 0 radical (unpaired) electrons. The summed E-state index contributed by atoms with van der Waals surface area (Å²) in [4.78, 5) is 25.4. The lowest BCUT2D eigenvalue weighted by Gasteiger charge is -2.36. The Morgan fingerprint density at radius 1 is 0.931 bits per heavy atom. The zero-order valence-electron chi connectivity index (χ0n) is 16.1. The van der Waals surface area contributed by atoms with Gasteiger partial charge in [0.2, 0.25) is 0 Å². The Balaban J connectivity index is 1.38. The van der Waals surface area contributed by atoms with Crippen LogP contribution in [0.25, 0.3) is 11.4 Å². The van der Waals surface area contributed by atoms with E-state index in [1.165, 1.54) is 24.5 Å². The van der Waals surface area contributed by atoms with Crippen LogP contribution in [0.4, 0.5) is 10.1 Å². The molecule has 1 saturated heterocycles. The second kappa shape index (κ2) is 8.26. The predicted octanol–water partition coefficient (Wildman–Crippen LogP) is 3.25. The van der Waals surface area contributed by atoms with Crippen LogP contribution in [0.5, 0.6) is 5.75 Å². The van der Waals surface area contributed by atoms with Gasteiger partial charge in [-0.15, -0.1) is 0 Å². The maximum absolute atomic E-state index is 13.0. The molecule has 0 spiro atoms. The van der Waals surface area contributed by atoms with Crippen LogP contribution in [-0.4, -0.2) is 54.1 Å². The molecule has 2 heterocycles. The summed E-state index contributed by atoms with van der Waals surface area (Å²) < 4.78 is 18.2. The molecule has 0 unspecified atom stereocenters. The van der Waals surface area contributed by atoms with E-state index in [0.717, 1.165) is 24.5 Å². The van der Waals surface area contributed by atoms with Crippen LogP contribution in [0.2, 0.25) is 0 Å². The summed E-state index contributed by atoms with van der Waals surface area (Å²) in [5, 5.41) is 0. The van der Waals surface area contributed by atoms with Gasteiger partial charge >= 0.3 is 0 Å². The van der Waals surface area contributed by atoms with E-state index in [4.69, 9.17) is 4.74 Å². The zero-order chi connectivity index (χ0) is 20.2. The van der Waals surface area contributed by atoms with Gasteiger partial charge in [-0.1, -0.05) is 0 Å². The number of carbonyl (C=O) groups excluding carboxylic acids is 1. The van der Waals surface area contributed by atoms with Crippen LogP contribution in [0.15, 0.2) is 60.9 Å². The molecule has 7 heteroatoms.